The summed E-state index contributed by atoms with van der Waals surface area (Å²) in [6.45, 7) is 6.10. The van der Waals surface area contributed by atoms with Crippen molar-refractivity contribution in [1.29, 1.82) is 0 Å². The van der Waals surface area contributed by atoms with Crippen molar-refractivity contribution in [1.82, 2.24) is 9.46 Å². The number of hydrogen-bond donors (Lipinski definition) is 1. The van der Waals surface area contributed by atoms with Gasteiger partial charge >= 0.3 is 0 Å². The smallest absolute Gasteiger partial charge is 0.248 e. The lowest BCUT2D eigenvalue weighted by Crippen LogP contribution is -2.43. The van der Waals surface area contributed by atoms with Gasteiger partial charge in [0.25, 0.3) is 0 Å². The number of carbonyl (C=O) groups is 1. The van der Waals surface area contributed by atoms with Crippen molar-refractivity contribution in [3.8, 4) is 0 Å². The van der Waals surface area contributed by atoms with Crippen molar-refractivity contribution < 1.29 is 17.7 Å². The second kappa shape index (κ2) is 9.62. The van der Waals surface area contributed by atoms with Gasteiger partial charge in [-0.3, -0.25) is 4.79 Å². The number of anilines is 1. The minimum absolute atomic E-state index is 0.0607. The highest BCUT2D eigenvalue weighted by Crippen LogP contribution is 2.30. The lowest BCUT2D eigenvalue weighted by molar-refractivity contribution is -0.120. The molecule has 0 radical (unpaired) electrons. The van der Waals surface area contributed by atoms with E-state index in [1.165, 1.54) is 4.31 Å². The minimum atomic E-state index is -3.87. The molecule has 1 amide bonds. The molecule has 0 bridgehead atoms. The van der Waals surface area contributed by atoms with Gasteiger partial charge in [-0.15, -0.1) is 11.3 Å². The first kappa shape index (κ1) is 23.4. The van der Waals surface area contributed by atoms with E-state index in [0.717, 1.165) is 21.7 Å². The summed E-state index contributed by atoms with van der Waals surface area (Å²) in [5.41, 5.74) is 3.27. The van der Waals surface area contributed by atoms with Crippen molar-refractivity contribution in [3.63, 3.8) is 0 Å². The van der Waals surface area contributed by atoms with Gasteiger partial charge in [-0.05, 0) is 80.5 Å². The highest BCUT2D eigenvalue weighted by atomic mass is 32.2. The molecule has 9 heteroatoms. The molecule has 1 aliphatic heterocycles. The van der Waals surface area contributed by atoms with Crippen molar-refractivity contribution in [3.05, 3.63) is 63.2 Å². The van der Waals surface area contributed by atoms with E-state index in [1.54, 1.807) is 30.4 Å². The number of aryl methyl sites for hydroxylation is 3. The zero-order chi connectivity index (χ0) is 23.6. The summed E-state index contributed by atoms with van der Waals surface area (Å²) < 4.78 is 33.8. The molecule has 1 atom stereocenters. The van der Waals surface area contributed by atoms with Crippen LogP contribution in [0.3, 0.4) is 0 Å². The topological polar surface area (TPSA) is 92.5 Å². The maximum Gasteiger partial charge on any atom is 0.248 e. The van der Waals surface area contributed by atoms with E-state index in [9.17, 15) is 13.2 Å². The van der Waals surface area contributed by atoms with E-state index in [1.807, 2.05) is 49.6 Å². The molecular formula is C24H27N3O4S2. The first-order chi connectivity index (χ1) is 15.8. The number of aromatic nitrogens is 1. The van der Waals surface area contributed by atoms with Crippen LogP contribution in [0, 0.1) is 26.7 Å². The number of benzene rings is 1. The summed E-state index contributed by atoms with van der Waals surface area (Å²) in [5.74, 6) is -0.402. The van der Waals surface area contributed by atoms with Gasteiger partial charge in [0.1, 0.15) is 5.69 Å². The molecule has 4 rings (SSSR count). The molecule has 3 aromatic rings. The van der Waals surface area contributed by atoms with E-state index >= 15 is 0 Å². The first-order valence-corrected chi connectivity index (χ1v) is 13.1. The largest absolute Gasteiger partial charge is 0.355 e. The number of amides is 1. The van der Waals surface area contributed by atoms with Gasteiger partial charge < -0.3 is 9.84 Å². The Morgan fingerprint density at radius 2 is 2.03 bits per heavy atom. The average molecular weight is 486 g/mol. The fourth-order valence-electron chi connectivity index (χ4n) is 3.91. The van der Waals surface area contributed by atoms with Crippen molar-refractivity contribution in [2.75, 3.05) is 18.4 Å². The Balaban J connectivity index is 1.52. The molecule has 0 saturated carbocycles. The molecule has 7 nitrogen and oxygen atoms in total. The van der Waals surface area contributed by atoms with E-state index in [0.29, 0.717) is 25.1 Å². The van der Waals surface area contributed by atoms with Gasteiger partial charge in [-0.25, -0.2) is 8.42 Å². The number of sulfonamides is 1. The van der Waals surface area contributed by atoms with E-state index in [-0.39, 0.29) is 23.1 Å². The standard InChI is InChI=1S/C24H27N3O4S2/c1-16-8-9-20(14-17(16)2)25-24(28)19-6-4-12-27(15-19)33(29,30)23-18(3)26-31-22(23)11-10-21-7-5-13-32-21/h5,7-11,13-14,19H,4,6,12,15H2,1-3H3,(H,25,28)/b11-10+/t19-/m0/s1. The van der Waals surface area contributed by atoms with E-state index in [4.69, 9.17) is 4.52 Å². The Labute approximate surface area is 198 Å². The van der Waals surface area contributed by atoms with Gasteiger partial charge in [0.05, 0.1) is 5.92 Å². The first-order valence-electron chi connectivity index (χ1n) is 10.8. The van der Waals surface area contributed by atoms with Crippen LogP contribution in [-0.4, -0.2) is 36.9 Å². The van der Waals surface area contributed by atoms with Gasteiger partial charge in [-0.2, -0.15) is 4.31 Å². The summed E-state index contributed by atoms with van der Waals surface area (Å²) in [7, 11) is -3.87. The fourth-order valence-corrected chi connectivity index (χ4v) is 6.30. The SMILES string of the molecule is Cc1ccc(NC(=O)[C@H]2CCCN(S(=O)(=O)c3c(C)noc3/C=C/c3cccs3)C2)cc1C. The number of hydrogen-bond acceptors (Lipinski definition) is 6. The molecule has 0 unspecified atom stereocenters. The maximum atomic E-state index is 13.5. The van der Waals surface area contributed by atoms with Crippen LogP contribution in [-0.2, 0) is 14.8 Å². The maximum absolute atomic E-state index is 13.5. The monoisotopic (exact) mass is 485 g/mol. The molecule has 1 N–H and O–H groups in total. The molecule has 174 valence electrons. The quantitative estimate of drug-likeness (QED) is 0.538. The predicted octanol–water partition coefficient (Wildman–Crippen LogP) is 4.87. The zero-order valence-electron chi connectivity index (χ0n) is 18.9. The van der Waals surface area contributed by atoms with E-state index < -0.39 is 15.9 Å². The molecule has 1 aliphatic rings. The average Bonchev–Trinajstić information content (AvgIpc) is 3.44. The molecule has 33 heavy (non-hydrogen) atoms. The molecule has 1 aromatic carbocycles. The molecule has 0 spiro atoms. The van der Waals surface area contributed by atoms with Crippen molar-refractivity contribution in [2.45, 2.75) is 38.5 Å². The highest BCUT2D eigenvalue weighted by molar-refractivity contribution is 7.89. The molecule has 0 aliphatic carbocycles. The summed E-state index contributed by atoms with van der Waals surface area (Å²) in [4.78, 5) is 14.0. The number of nitrogens with zero attached hydrogens (tertiary/aromatic N) is 2. The van der Waals surface area contributed by atoms with Crippen LogP contribution in [0.2, 0.25) is 0 Å². The molecule has 3 heterocycles. The fraction of sp³-hybridized carbons (Fsp3) is 0.333. The third kappa shape index (κ3) is 5.10. The highest BCUT2D eigenvalue weighted by Gasteiger charge is 2.37. The van der Waals surface area contributed by atoms with Crippen molar-refractivity contribution in [2.24, 2.45) is 5.92 Å². The lowest BCUT2D eigenvalue weighted by atomic mass is 9.98. The Hall–Kier alpha value is -2.75. The number of nitrogens with one attached hydrogen (secondary N) is 1. The minimum Gasteiger partial charge on any atom is -0.355 e. The van der Waals surface area contributed by atoms with Crippen LogP contribution in [0.5, 0.6) is 0 Å². The Kier molecular flexibility index (Phi) is 6.83. The number of piperidine rings is 1. The molecule has 1 fully saturated rings. The number of rotatable bonds is 6. The zero-order valence-corrected chi connectivity index (χ0v) is 20.5. The Morgan fingerprint density at radius 1 is 1.21 bits per heavy atom. The Morgan fingerprint density at radius 3 is 2.76 bits per heavy atom. The van der Waals surface area contributed by atoms with Gasteiger partial charge in [0.15, 0.2) is 10.7 Å². The van der Waals surface area contributed by atoms with E-state index in [2.05, 4.69) is 10.5 Å². The van der Waals surface area contributed by atoms with Crippen molar-refractivity contribution >= 4 is 45.1 Å². The predicted molar refractivity (Wildman–Crippen MR) is 131 cm³/mol. The van der Waals surface area contributed by atoms with Gasteiger partial charge in [0, 0.05) is 23.7 Å². The van der Waals surface area contributed by atoms with Gasteiger partial charge in [-0.1, -0.05) is 17.3 Å². The second-order valence-electron chi connectivity index (χ2n) is 8.30. The van der Waals surface area contributed by atoms with Crippen LogP contribution in [0.25, 0.3) is 12.2 Å². The number of carbonyl (C=O) groups excluding carboxylic acids is 1. The van der Waals surface area contributed by atoms with Crippen LogP contribution in [0.15, 0.2) is 45.1 Å². The normalized spacial score (nSPS) is 17.5. The molecule has 2 aromatic heterocycles. The van der Waals surface area contributed by atoms with Crippen LogP contribution in [0.4, 0.5) is 5.69 Å². The van der Waals surface area contributed by atoms with Crippen LogP contribution in [0.1, 0.15) is 40.3 Å². The second-order valence-corrected chi connectivity index (χ2v) is 11.2. The lowest BCUT2D eigenvalue weighted by Gasteiger charge is -2.31. The van der Waals surface area contributed by atoms with Gasteiger partial charge in [0.2, 0.25) is 15.9 Å². The number of thiophene rings is 1. The Bertz CT molecular complexity index is 1280. The van der Waals surface area contributed by atoms with Crippen LogP contribution >= 0.6 is 11.3 Å². The molecule has 1 saturated heterocycles. The summed E-state index contributed by atoms with van der Waals surface area (Å²) in [6.07, 6.45) is 4.68. The molecular weight excluding hydrogens is 458 g/mol. The van der Waals surface area contributed by atoms with Crippen LogP contribution < -0.4 is 5.32 Å². The summed E-state index contributed by atoms with van der Waals surface area (Å²) in [5, 5.41) is 8.78. The third-order valence-corrected chi connectivity index (χ3v) is 8.76. The summed E-state index contributed by atoms with van der Waals surface area (Å²) in [6, 6.07) is 9.61. The third-order valence-electron chi connectivity index (χ3n) is 5.90. The summed E-state index contributed by atoms with van der Waals surface area (Å²) >= 11 is 1.54.